The van der Waals surface area contributed by atoms with Gasteiger partial charge >= 0.3 is 0 Å². The summed E-state index contributed by atoms with van der Waals surface area (Å²) in [6.45, 7) is 15.2. The molecule has 0 aromatic heterocycles. The minimum absolute atomic E-state index is 0.167. The predicted octanol–water partition coefficient (Wildman–Crippen LogP) is 7.69. The molecule has 3 heteroatoms. The Morgan fingerprint density at radius 3 is 2.33 bits per heavy atom. The SMILES string of the molecule is C=C(CCC1(c2ccc(-c3cccc(C#CC)c3)cc2)CCN(CCCNC)CC1)Nc1cc(C)cc(C)c1. The molecule has 1 heterocycles. The van der Waals surface area contributed by atoms with Crippen molar-refractivity contribution in [3.8, 4) is 23.0 Å². The van der Waals surface area contributed by atoms with E-state index in [4.69, 9.17) is 0 Å². The van der Waals surface area contributed by atoms with E-state index in [-0.39, 0.29) is 5.41 Å². The van der Waals surface area contributed by atoms with Crippen LogP contribution in [0.1, 0.15) is 61.3 Å². The lowest BCUT2D eigenvalue weighted by atomic mass is 9.69. The summed E-state index contributed by atoms with van der Waals surface area (Å²) in [5, 5.41) is 6.89. The van der Waals surface area contributed by atoms with Gasteiger partial charge in [0, 0.05) is 16.9 Å². The van der Waals surface area contributed by atoms with Gasteiger partial charge in [-0.25, -0.2) is 0 Å². The van der Waals surface area contributed by atoms with Gasteiger partial charge in [-0.1, -0.05) is 55.0 Å². The van der Waals surface area contributed by atoms with Crippen molar-refractivity contribution < 1.29 is 0 Å². The Hall–Kier alpha value is -3.32. The zero-order valence-electron chi connectivity index (χ0n) is 24.4. The number of anilines is 1. The molecular formula is C36H45N3. The van der Waals surface area contributed by atoms with Crippen LogP contribution in [0, 0.1) is 25.7 Å². The van der Waals surface area contributed by atoms with Gasteiger partial charge < -0.3 is 15.5 Å². The standard InChI is InChI=1S/C36H45N3/c1-6-9-31-10-7-11-33(27-31)32-12-14-34(15-13-32)36(18-22-39(23-19-36)21-8-20-37-5)17-16-30(4)38-35-25-28(2)24-29(3)26-35/h7,10-15,24-27,37-38H,4,8,16-23H2,1-3,5H3. The van der Waals surface area contributed by atoms with Gasteiger partial charge in [-0.15, -0.1) is 5.92 Å². The summed E-state index contributed by atoms with van der Waals surface area (Å²) < 4.78 is 0. The van der Waals surface area contributed by atoms with Crippen molar-refractivity contribution in [3.63, 3.8) is 0 Å². The highest BCUT2D eigenvalue weighted by atomic mass is 15.1. The van der Waals surface area contributed by atoms with Crippen molar-refractivity contribution in [1.29, 1.82) is 0 Å². The molecule has 3 aromatic rings. The summed E-state index contributed by atoms with van der Waals surface area (Å²) in [4.78, 5) is 2.65. The van der Waals surface area contributed by atoms with E-state index in [2.05, 4.69) is 115 Å². The summed E-state index contributed by atoms with van der Waals surface area (Å²) >= 11 is 0. The van der Waals surface area contributed by atoms with Crippen LogP contribution in [0.3, 0.4) is 0 Å². The minimum Gasteiger partial charge on any atom is -0.359 e. The van der Waals surface area contributed by atoms with E-state index >= 15 is 0 Å². The van der Waals surface area contributed by atoms with E-state index in [1.54, 1.807) is 0 Å². The van der Waals surface area contributed by atoms with Crippen LogP contribution < -0.4 is 10.6 Å². The fraction of sp³-hybridized carbons (Fsp3) is 0.389. The number of allylic oxidation sites excluding steroid dienone is 1. The van der Waals surface area contributed by atoms with Crippen LogP contribution >= 0.6 is 0 Å². The van der Waals surface area contributed by atoms with Crippen molar-refractivity contribution in [3.05, 3.63) is 101 Å². The third-order valence-electron chi connectivity index (χ3n) is 8.12. The van der Waals surface area contributed by atoms with Crippen molar-refractivity contribution >= 4 is 5.69 Å². The number of nitrogens with one attached hydrogen (secondary N) is 2. The fourth-order valence-corrected chi connectivity index (χ4v) is 6.01. The first-order valence-electron chi connectivity index (χ1n) is 14.4. The van der Waals surface area contributed by atoms with Crippen molar-refractivity contribution in [2.75, 3.05) is 38.5 Å². The highest BCUT2D eigenvalue weighted by Gasteiger charge is 2.35. The molecule has 3 nitrogen and oxygen atoms in total. The summed E-state index contributed by atoms with van der Waals surface area (Å²) in [7, 11) is 2.04. The quantitative estimate of drug-likeness (QED) is 0.201. The molecule has 2 N–H and O–H groups in total. The Bertz CT molecular complexity index is 1280. The van der Waals surface area contributed by atoms with E-state index in [1.165, 1.54) is 53.6 Å². The summed E-state index contributed by atoms with van der Waals surface area (Å²) in [5.41, 5.74) is 9.97. The third kappa shape index (κ3) is 7.85. The second-order valence-electron chi connectivity index (χ2n) is 11.2. The minimum atomic E-state index is 0.167. The highest BCUT2D eigenvalue weighted by Crippen LogP contribution is 2.41. The number of piperidine rings is 1. The van der Waals surface area contributed by atoms with E-state index in [1.807, 2.05) is 14.0 Å². The van der Waals surface area contributed by atoms with Crippen LogP contribution in [0.15, 0.2) is 79.0 Å². The maximum Gasteiger partial charge on any atom is 0.0386 e. The van der Waals surface area contributed by atoms with Gasteiger partial charge in [-0.2, -0.15) is 0 Å². The Kier molecular flexibility index (Phi) is 10.0. The first kappa shape index (κ1) is 28.7. The van der Waals surface area contributed by atoms with E-state index in [9.17, 15) is 0 Å². The van der Waals surface area contributed by atoms with Gasteiger partial charge in [0.05, 0.1) is 0 Å². The first-order chi connectivity index (χ1) is 18.9. The largest absolute Gasteiger partial charge is 0.359 e. The molecule has 0 unspecified atom stereocenters. The molecule has 3 aromatic carbocycles. The van der Waals surface area contributed by atoms with Crippen molar-refractivity contribution in [2.24, 2.45) is 0 Å². The maximum atomic E-state index is 4.42. The smallest absolute Gasteiger partial charge is 0.0386 e. The first-order valence-corrected chi connectivity index (χ1v) is 14.4. The van der Waals surface area contributed by atoms with Gasteiger partial charge in [0.25, 0.3) is 0 Å². The Balaban J connectivity index is 1.51. The molecule has 204 valence electrons. The van der Waals surface area contributed by atoms with Crippen LogP contribution in [0.5, 0.6) is 0 Å². The number of rotatable bonds is 11. The molecule has 0 aliphatic carbocycles. The summed E-state index contributed by atoms with van der Waals surface area (Å²) in [5.74, 6) is 6.20. The number of hydrogen-bond donors (Lipinski definition) is 2. The average Bonchev–Trinajstić information content (AvgIpc) is 2.93. The Morgan fingerprint density at radius 1 is 0.949 bits per heavy atom. The zero-order valence-corrected chi connectivity index (χ0v) is 24.4. The third-order valence-corrected chi connectivity index (χ3v) is 8.12. The average molecular weight is 520 g/mol. The van der Waals surface area contributed by atoms with Crippen LogP contribution in [0.25, 0.3) is 11.1 Å². The van der Waals surface area contributed by atoms with E-state index in [0.29, 0.717) is 0 Å². The molecule has 0 radical (unpaired) electrons. The van der Waals surface area contributed by atoms with E-state index in [0.717, 1.165) is 49.4 Å². The van der Waals surface area contributed by atoms with Crippen molar-refractivity contribution in [1.82, 2.24) is 10.2 Å². The van der Waals surface area contributed by atoms with Crippen LogP contribution in [-0.2, 0) is 5.41 Å². The molecule has 0 saturated carbocycles. The topological polar surface area (TPSA) is 27.3 Å². The fourth-order valence-electron chi connectivity index (χ4n) is 6.01. The van der Waals surface area contributed by atoms with Gasteiger partial charge in [-0.05, 0) is 144 Å². The predicted molar refractivity (Wildman–Crippen MR) is 168 cm³/mol. The van der Waals surface area contributed by atoms with Gasteiger partial charge in [0.1, 0.15) is 0 Å². The molecule has 1 fully saturated rings. The number of benzene rings is 3. The van der Waals surface area contributed by atoms with Gasteiger partial charge in [0.2, 0.25) is 0 Å². The Morgan fingerprint density at radius 2 is 1.67 bits per heavy atom. The zero-order chi connectivity index (χ0) is 27.7. The number of aryl methyl sites for hydroxylation is 2. The second-order valence-corrected chi connectivity index (χ2v) is 11.2. The van der Waals surface area contributed by atoms with Crippen molar-refractivity contribution in [2.45, 2.75) is 58.3 Å². The number of likely N-dealkylation sites (tertiary alicyclic amines) is 1. The Labute approximate surface area is 236 Å². The number of hydrogen-bond acceptors (Lipinski definition) is 3. The molecule has 0 bridgehead atoms. The lowest BCUT2D eigenvalue weighted by Gasteiger charge is -2.43. The molecule has 0 amide bonds. The van der Waals surface area contributed by atoms with E-state index < -0.39 is 0 Å². The molecule has 0 spiro atoms. The molecule has 1 aliphatic heterocycles. The summed E-state index contributed by atoms with van der Waals surface area (Å²) in [6.07, 6.45) is 5.64. The van der Waals surface area contributed by atoms with Crippen LogP contribution in [-0.4, -0.2) is 38.1 Å². The molecular weight excluding hydrogens is 474 g/mol. The second kappa shape index (κ2) is 13.7. The highest BCUT2D eigenvalue weighted by molar-refractivity contribution is 5.66. The molecule has 1 saturated heterocycles. The monoisotopic (exact) mass is 519 g/mol. The van der Waals surface area contributed by atoms with Crippen LogP contribution in [0.4, 0.5) is 5.69 Å². The lowest BCUT2D eigenvalue weighted by Crippen LogP contribution is -2.43. The molecule has 4 rings (SSSR count). The maximum absolute atomic E-state index is 4.42. The number of nitrogens with zero attached hydrogens (tertiary/aromatic N) is 1. The molecule has 1 aliphatic rings. The normalized spacial score (nSPS) is 14.9. The van der Waals surface area contributed by atoms with Crippen LogP contribution in [0.2, 0.25) is 0 Å². The lowest BCUT2D eigenvalue weighted by molar-refractivity contribution is 0.150. The summed E-state index contributed by atoms with van der Waals surface area (Å²) in [6, 6.07) is 24.5. The molecule has 39 heavy (non-hydrogen) atoms. The molecule has 0 atom stereocenters. The van der Waals surface area contributed by atoms with Gasteiger partial charge in [-0.3, -0.25) is 0 Å². The van der Waals surface area contributed by atoms with Gasteiger partial charge in [0.15, 0.2) is 0 Å².